The van der Waals surface area contributed by atoms with Crippen LogP contribution in [0, 0.1) is 11.3 Å². The van der Waals surface area contributed by atoms with Crippen LogP contribution >= 0.6 is 0 Å². The van der Waals surface area contributed by atoms with Gasteiger partial charge in [0.2, 0.25) is 0 Å². The molecule has 0 aliphatic rings. The number of hydrogen-bond acceptors (Lipinski definition) is 3. The van der Waals surface area contributed by atoms with Crippen LogP contribution in [0.15, 0.2) is 30.5 Å². The molecule has 0 fully saturated rings. The number of fused-ring (bicyclic) bond motifs is 1. The van der Waals surface area contributed by atoms with Gasteiger partial charge in [0, 0.05) is 11.7 Å². The number of pyridine rings is 1. The molecule has 0 N–H and O–H groups in total. The fourth-order valence-corrected chi connectivity index (χ4v) is 1.46. The summed E-state index contributed by atoms with van der Waals surface area (Å²) in [4.78, 5) is 11.3. The van der Waals surface area contributed by atoms with Crippen molar-refractivity contribution >= 4 is 11.5 Å². The number of esters is 1. The lowest BCUT2D eigenvalue weighted by Crippen LogP contribution is -1.98. The molecular weight excluding hydrogens is 192 g/mol. The Balaban J connectivity index is 2.66. The molecule has 2 aromatic heterocycles. The van der Waals surface area contributed by atoms with Gasteiger partial charge in [-0.2, -0.15) is 5.26 Å². The molecule has 0 saturated carbocycles. The van der Waals surface area contributed by atoms with Crippen molar-refractivity contribution in [3.63, 3.8) is 0 Å². The summed E-state index contributed by atoms with van der Waals surface area (Å²) in [6.45, 7) is 0. The number of nitrogens with zero attached hydrogens (tertiary/aromatic N) is 2. The Bertz CT molecular complexity index is 563. The zero-order valence-corrected chi connectivity index (χ0v) is 8.10. The molecule has 0 aromatic carbocycles. The van der Waals surface area contributed by atoms with E-state index in [-0.39, 0.29) is 0 Å². The Morgan fingerprint density at radius 3 is 3.00 bits per heavy atom. The van der Waals surface area contributed by atoms with Gasteiger partial charge in [0.25, 0.3) is 0 Å². The fraction of sp³-hybridized carbons (Fsp3) is 0.0909. The van der Waals surface area contributed by atoms with Crippen molar-refractivity contribution in [1.82, 2.24) is 4.40 Å². The summed E-state index contributed by atoms with van der Waals surface area (Å²) < 4.78 is 6.26. The third-order valence-corrected chi connectivity index (χ3v) is 2.17. The number of ether oxygens (including phenoxy) is 1. The van der Waals surface area contributed by atoms with Gasteiger partial charge < -0.3 is 9.14 Å². The Morgan fingerprint density at radius 1 is 1.53 bits per heavy atom. The molecule has 0 aliphatic carbocycles. The molecule has 0 aliphatic heterocycles. The van der Waals surface area contributed by atoms with E-state index in [2.05, 4.69) is 10.8 Å². The summed E-state index contributed by atoms with van der Waals surface area (Å²) in [7, 11) is 1.33. The van der Waals surface area contributed by atoms with Crippen LogP contribution in [0.2, 0.25) is 0 Å². The third kappa shape index (κ3) is 1.44. The van der Waals surface area contributed by atoms with E-state index >= 15 is 0 Å². The van der Waals surface area contributed by atoms with Crippen molar-refractivity contribution < 1.29 is 9.53 Å². The summed E-state index contributed by atoms with van der Waals surface area (Å²) in [6.07, 6.45) is 1.60. The average Bonchev–Trinajstić information content (AvgIpc) is 2.71. The minimum absolute atomic E-state index is 0.400. The maximum Gasteiger partial charge on any atom is 0.339 e. The molecule has 0 atom stereocenters. The fourth-order valence-electron chi connectivity index (χ4n) is 1.46. The zero-order chi connectivity index (χ0) is 10.8. The Labute approximate surface area is 86.3 Å². The van der Waals surface area contributed by atoms with E-state index in [9.17, 15) is 4.79 Å². The van der Waals surface area contributed by atoms with E-state index in [4.69, 9.17) is 5.26 Å². The number of carbonyl (C=O) groups excluding carboxylic acids is 1. The van der Waals surface area contributed by atoms with Crippen LogP contribution in [-0.4, -0.2) is 17.5 Å². The highest BCUT2D eigenvalue weighted by Crippen LogP contribution is 2.13. The van der Waals surface area contributed by atoms with Crippen LogP contribution in [0.3, 0.4) is 0 Å². The first-order valence-corrected chi connectivity index (χ1v) is 4.36. The van der Waals surface area contributed by atoms with Gasteiger partial charge in [-0.1, -0.05) is 6.07 Å². The number of carbonyl (C=O) groups is 1. The second-order valence-corrected chi connectivity index (χ2v) is 3.04. The summed E-state index contributed by atoms with van der Waals surface area (Å²) in [5, 5.41) is 8.85. The monoisotopic (exact) mass is 200 g/mol. The van der Waals surface area contributed by atoms with E-state index < -0.39 is 5.97 Å². The topological polar surface area (TPSA) is 54.5 Å². The molecule has 74 valence electrons. The third-order valence-electron chi connectivity index (χ3n) is 2.17. The summed E-state index contributed by atoms with van der Waals surface area (Å²) >= 11 is 0. The van der Waals surface area contributed by atoms with Crippen molar-refractivity contribution in [3.8, 4) is 6.07 Å². The summed E-state index contributed by atoms with van der Waals surface area (Å²) in [6, 6.07) is 9.03. The highest BCUT2D eigenvalue weighted by molar-refractivity contribution is 5.91. The molecular formula is C11H8N2O2. The van der Waals surface area contributed by atoms with E-state index in [0.717, 1.165) is 5.52 Å². The predicted octanol–water partition coefficient (Wildman–Crippen LogP) is 1.60. The van der Waals surface area contributed by atoms with Crippen LogP contribution in [0.25, 0.3) is 5.52 Å². The quantitative estimate of drug-likeness (QED) is 0.657. The number of nitriles is 1. The minimum Gasteiger partial charge on any atom is -0.465 e. The van der Waals surface area contributed by atoms with Crippen molar-refractivity contribution in [1.29, 1.82) is 5.26 Å². The first kappa shape index (κ1) is 9.28. The molecule has 15 heavy (non-hydrogen) atoms. The van der Waals surface area contributed by atoms with E-state index in [0.29, 0.717) is 11.3 Å². The molecule has 0 saturated heterocycles. The van der Waals surface area contributed by atoms with Crippen LogP contribution in [0.4, 0.5) is 0 Å². The van der Waals surface area contributed by atoms with Crippen LogP contribution < -0.4 is 0 Å². The smallest absolute Gasteiger partial charge is 0.339 e. The lowest BCUT2D eigenvalue weighted by molar-refractivity contribution is 0.0601. The van der Waals surface area contributed by atoms with Gasteiger partial charge >= 0.3 is 5.97 Å². The van der Waals surface area contributed by atoms with Crippen LogP contribution in [-0.2, 0) is 4.74 Å². The van der Waals surface area contributed by atoms with Crippen molar-refractivity contribution in [2.24, 2.45) is 0 Å². The van der Waals surface area contributed by atoms with Crippen LogP contribution in [0.1, 0.15) is 16.1 Å². The maximum atomic E-state index is 11.3. The molecule has 2 rings (SSSR count). The lowest BCUT2D eigenvalue weighted by Gasteiger charge is -1.95. The van der Waals surface area contributed by atoms with Gasteiger partial charge in [0.15, 0.2) is 0 Å². The Morgan fingerprint density at radius 2 is 2.33 bits per heavy atom. The largest absolute Gasteiger partial charge is 0.465 e. The molecule has 2 heterocycles. The van der Waals surface area contributed by atoms with Gasteiger partial charge in [-0.15, -0.1) is 0 Å². The minimum atomic E-state index is -0.400. The lowest BCUT2D eigenvalue weighted by atomic mass is 10.3. The predicted molar refractivity (Wildman–Crippen MR) is 53.5 cm³/mol. The van der Waals surface area contributed by atoms with Crippen LogP contribution in [0.5, 0.6) is 0 Å². The van der Waals surface area contributed by atoms with Crippen molar-refractivity contribution in [3.05, 3.63) is 41.7 Å². The number of methoxy groups -OCH3 is 1. The second kappa shape index (κ2) is 3.46. The van der Waals surface area contributed by atoms with Gasteiger partial charge in [-0.3, -0.25) is 0 Å². The highest BCUT2D eigenvalue weighted by atomic mass is 16.5. The van der Waals surface area contributed by atoms with Crippen molar-refractivity contribution in [2.75, 3.05) is 7.11 Å². The van der Waals surface area contributed by atoms with Crippen molar-refractivity contribution in [2.45, 2.75) is 0 Å². The molecule has 0 bridgehead atoms. The highest BCUT2D eigenvalue weighted by Gasteiger charge is 2.09. The first-order chi connectivity index (χ1) is 7.26. The molecule has 0 unspecified atom stereocenters. The number of rotatable bonds is 1. The zero-order valence-electron chi connectivity index (χ0n) is 8.10. The standard InChI is InChI=1S/C11H8N2O2/c1-15-11(14)8-5-9-3-2-4-10(6-12)13(9)7-8/h2-5,7H,1H3. The number of hydrogen-bond donors (Lipinski definition) is 0. The second-order valence-electron chi connectivity index (χ2n) is 3.04. The molecule has 0 spiro atoms. The molecule has 4 heteroatoms. The Kier molecular flexibility index (Phi) is 2.14. The summed E-state index contributed by atoms with van der Waals surface area (Å²) in [5.41, 5.74) is 1.73. The first-order valence-electron chi connectivity index (χ1n) is 4.36. The molecule has 2 aromatic rings. The van der Waals surface area contributed by atoms with E-state index in [1.165, 1.54) is 7.11 Å². The van der Waals surface area contributed by atoms with E-state index in [1.807, 2.05) is 6.07 Å². The van der Waals surface area contributed by atoms with Gasteiger partial charge in [-0.05, 0) is 18.2 Å². The number of aromatic nitrogens is 1. The molecule has 0 amide bonds. The maximum absolute atomic E-state index is 11.3. The average molecular weight is 200 g/mol. The van der Waals surface area contributed by atoms with Gasteiger partial charge in [0.1, 0.15) is 11.8 Å². The molecule has 4 nitrogen and oxygen atoms in total. The Hall–Kier alpha value is -2.28. The SMILES string of the molecule is COC(=O)c1cc2cccc(C#N)n2c1. The normalized spacial score (nSPS) is 9.87. The van der Waals surface area contributed by atoms with Gasteiger partial charge in [-0.25, -0.2) is 4.79 Å². The molecule has 0 radical (unpaired) electrons. The van der Waals surface area contributed by atoms with Gasteiger partial charge in [0.05, 0.1) is 12.7 Å². The van der Waals surface area contributed by atoms with E-state index in [1.54, 1.807) is 28.8 Å². The summed E-state index contributed by atoms with van der Waals surface area (Å²) in [5.74, 6) is -0.400.